The topological polar surface area (TPSA) is 102 Å². The molecule has 1 heterocycles. The number of para-hydroxylation sites is 1. The number of imide groups is 1. The van der Waals surface area contributed by atoms with Gasteiger partial charge in [0.05, 0.1) is 11.7 Å². The van der Waals surface area contributed by atoms with Gasteiger partial charge in [-0.15, -0.1) is 0 Å². The van der Waals surface area contributed by atoms with Crippen LogP contribution in [0.15, 0.2) is 59.6 Å². The minimum absolute atomic E-state index is 0.0156. The number of hydrogen-bond donors (Lipinski definition) is 1. The minimum Gasteiger partial charge on any atom is -0.545 e. The van der Waals surface area contributed by atoms with Gasteiger partial charge in [-0.2, -0.15) is 0 Å². The van der Waals surface area contributed by atoms with Crippen LogP contribution in [-0.4, -0.2) is 34.7 Å². The summed E-state index contributed by atoms with van der Waals surface area (Å²) in [6.07, 6.45) is 0.0466. The maximum absolute atomic E-state index is 12.8. The van der Waals surface area contributed by atoms with Crippen molar-refractivity contribution in [3.8, 4) is 0 Å². The van der Waals surface area contributed by atoms with Crippen molar-refractivity contribution in [3.63, 3.8) is 0 Å². The van der Waals surface area contributed by atoms with Gasteiger partial charge >= 0.3 is 0 Å². The molecule has 144 valence electrons. The van der Waals surface area contributed by atoms with Gasteiger partial charge in [0.2, 0.25) is 11.8 Å². The van der Waals surface area contributed by atoms with E-state index in [1.54, 1.807) is 0 Å². The molecule has 2 amide bonds. The highest BCUT2D eigenvalue weighted by molar-refractivity contribution is 8.15. The molecular weight excluding hydrogens is 378 g/mol. The van der Waals surface area contributed by atoms with E-state index in [0.29, 0.717) is 17.4 Å². The number of benzene rings is 2. The highest BCUT2D eigenvalue weighted by Gasteiger charge is 2.40. The summed E-state index contributed by atoms with van der Waals surface area (Å²) in [6.45, 7) is 2.42. The summed E-state index contributed by atoms with van der Waals surface area (Å²) in [5, 5.41) is 14.0. The number of rotatable bonds is 5. The van der Waals surface area contributed by atoms with Crippen LogP contribution in [0.25, 0.3) is 0 Å². The molecular formula is C20H18N3O4S-. The first-order valence-electron chi connectivity index (χ1n) is 8.71. The average molecular weight is 396 g/mol. The Morgan fingerprint density at radius 3 is 2.46 bits per heavy atom. The second kappa shape index (κ2) is 8.71. The molecule has 3 rings (SSSR count). The van der Waals surface area contributed by atoms with Crippen molar-refractivity contribution < 1.29 is 19.5 Å². The van der Waals surface area contributed by atoms with Gasteiger partial charge < -0.3 is 15.2 Å². The standard InChI is InChI=1S/C20H19N3O4S/c1-2-21-20(22-14-6-4-3-5-7-14)28-16-12-17(24)23(18(16)25)15-10-8-13(9-11-15)19(26)27/h3-11,16H,2,12H2,1H3,(H,21,22)(H,26,27)/p-1/t16-/m0/s1. The molecule has 0 unspecified atom stereocenters. The molecule has 2 aromatic rings. The summed E-state index contributed by atoms with van der Waals surface area (Å²) in [6, 6.07) is 14.9. The Morgan fingerprint density at radius 1 is 1.18 bits per heavy atom. The molecule has 7 nitrogen and oxygen atoms in total. The lowest BCUT2D eigenvalue weighted by molar-refractivity contribution is -0.255. The van der Waals surface area contributed by atoms with E-state index < -0.39 is 11.2 Å². The van der Waals surface area contributed by atoms with E-state index >= 15 is 0 Å². The van der Waals surface area contributed by atoms with Crippen LogP contribution in [0.4, 0.5) is 11.4 Å². The zero-order valence-electron chi connectivity index (χ0n) is 15.1. The number of thioether (sulfide) groups is 1. The van der Waals surface area contributed by atoms with Crippen LogP contribution in [0.1, 0.15) is 23.7 Å². The molecule has 0 aromatic heterocycles. The summed E-state index contributed by atoms with van der Waals surface area (Å²) < 4.78 is 0. The number of amidine groups is 1. The second-order valence-corrected chi connectivity index (χ2v) is 7.17. The monoisotopic (exact) mass is 396 g/mol. The fourth-order valence-corrected chi connectivity index (χ4v) is 3.83. The third kappa shape index (κ3) is 4.40. The number of amides is 2. The molecule has 2 aromatic carbocycles. The van der Waals surface area contributed by atoms with Gasteiger partial charge in [0.15, 0.2) is 5.17 Å². The van der Waals surface area contributed by atoms with Gasteiger partial charge in [-0.3, -0.25) is 14.6 Å². The Kier molecular flexibility index (Phi) is 6.10. The Morgan fingerprint density at radius 2 is 1.86 bits per heavy atom. The van der Waals surface area contributed by atoms with E-state index in [4.69, 9.17) is 0 Å². The largest absolute Gasteiger partial charge is 0.545 e. The fourth-order valence-electron chi connectivity index (χ4n) is 2.74. The summed E-state index contributed by atoms with van der Waals surface area (Å²) in [7, 11) is 0. The molecule has 8 heteroatoms. The highest BCUT2D eigenvalue weighted by Crippen LogP contribution is 2.31. The average Bonchev–Trinajstić information content (AvgIpc) is 2.96. The fraction of sp³-hybridized carbons (Fsp3) is 0.200. The van der Waals surface area contributed by atoms with Crippen LogP contribution in [0.3, 0.4) is 0 Å². The lowest BCUT2D eigenvalue weighted by Crippen LogP contribution is -2.32. The van der Waals surface area contributed by atoms with E-state index in [9.17, 15) is 19.5 Å². The van der Waals surface area contributed by atoms with E-state index in [-0.39, 0.29) is 23.8 Å². The van der Waals surface area contributed by atoms with E-state index in [2.05, 4.69) is 10.3 Å². The number of aromatic carboxylic acids is 1. The molecule has 0 saturated carbocycles. The Balaban J connectivity index is 1.74. The SMILES string of the molecule is CCN=C(Nc1ccccc1)S[C@H]1CC(=O)N(c2ccc(C(=O)[O-])cc2)C1=O. The van der Waals surface area contributed by atoms with Crippen LogP contribution in [0.2, 0.25) is 0 Å². The Hall–Kier alpha value is -3.13. The van der Waals surface area contributed by atoms with Crippen molar-refractivity contribution in [2.45, 2.75) is 18.6 Å². The van der Waals surface area contributed by atoms with Crippen molar-refractivity contribution in [1.82, 2.24) is 0 Å². The van der Waals surface area contributed by atoms with Crippen molar-refractivity contribution >= 4 is 46.1 Å². The summed E-state index contributed by atoms with van der Waals surface area (Å²) in [5.74, 6) is -2.00. The molecule has 1 atom stereocenters. The molecule has 0 aliphatic carbocycles. The predicted octanol–water partition coefficient (Wildman–Crippen LogP) is 1.90. The first-order valence-corrected chi connectivity index (χ1v) is 9.59. The number of nitrogens with zero attached hydrogens (tertiary/aromatic N) is 2. The van der Waals surface area contributed by atoms with Crippen molar-refractivity contribution in [2.24, 2.45) is 4.99 Å². The number of anilines is 2. The molecule has 1 fully saturated rings. The third-order valence-corrected chi connectivity index (χ3v) is 5.15. The molecule has 0 spiro atoms. The zero-order valence-corrected chi connectivity index (χ0v) is 15.9. The Bertz CT molecular complexity index is 913. The maximum atomic E-state index is 12.8. The zero-order chi connectivity index (χ0) is 20.1. The summed E-state index contributed by atoms with van der Waals surface area (Å²) in [4.78, 5) is 41.6. The molecule has 1 saturated heterocycles. The number of nitrogens with one attached hydrogen (secondary N) is 1. The molecule has 28 heavy (non-hydrogen) atoms. The molecule has 1 aliphatic rings. The molecule has 1 aliphatic heterocycles. The van der Waals surface area contributed by atoms with Crippen LogP contribution in [0, 0.1) is 0 Å². The van der Waals surface area contributed by atoms with E-state index in [0.717, 1.165) is 10.6 Å². The van der Waals surface area contributed by atoms with Crippen molar-refractivity contribution in [1.29, 1.82) is 0 Å². The van der Waals surface area contributed by atoms with Crippen LogP contribution in [0.5, 0.6) is 0 Å². The number of carboxylic acid groups (broad SMARTS) is 1. The number of aliphatic imine (C=N–C) groups is 1. The van der Waals surface area contributed by atoms with Gasteiger partial charge in [-0.25, -0.2) is 4.90 Å². The Labute approximate surface area is 166 Å². The van der Waals surface area contributed by atoms with Gasteiger partial charge in [0, 0.05) is 18.7 Å². The first-order chi connectivity index (χ1) is 13.5. The van der Waals surface area contributed by atoms with Crippen molar-refractivity contribution in [2.75, 3.05) is 16.8 Å². The highest BCUT2D eigenvalue weighted by atomic mass is 32.2. The van der Waals surface area contributed by atoms with Crippen LogP contribution < -0.4 is 15.3 Å². The summed E-state index contributed by atoms with van der Waals surface area (Å²) in [5.41, 5.74) is 1.17. The van der Waals surface area contributed by atoms with Gasteiger partial charge in [-0.1, -0.05) is 42.1 Å². The minimum atomic E-state index is -1.31. The quantitative estimate of drug-likeness (QED) is 0.471. The first kappa shape index (κ1) is 19.6. The third-order valence-electron chi connectivity index (χ3n) is 4.05. The van der Waals surface area contributed by atoms with E-state index in [1.165, 1.54) is 36.0 Å². The number of hydrogen-bond acceptors (Lipinski definition) is 6. The van der Waals surface area contributed by atoms with Gasteiger partial charge in [-0.05, 0) is 36.8 Å². The second-order valence-electron chi connectivity index (χ2n) is 5.98. The summed E-state index contributed by atoms with van der Waals surface area (Å²) >= 11 is 1.21. The van der Waals surface area contributed by atoms with Gasteiger partial charge in [0.1, 0.15) is 5.25 Å². The van der Waals surface area contributed by atoms with Gasteiger partial charge in [0.25, 0.3) is 0 Å². The number of carboxylic acids is 1. The normalized spacial score (nSPS) is 17.1. The smallest absolute Gasteiger partial charge is 0.247 e. The molecule has 1 N–H and O–H groups in total. The molecule has 0 radical (unpaired) electrons. The van der Waals surface area contributed by atoms with E-state index in [1.807, 2.05) is 37.3 Å². The number of carbonyl (C=O) groups excluding carboxylic acids is 3. The van der Waals surface area contributed by atoms with Crippen LogP contribution in [-0.2, 0) is 9.59 Å². The number of carbonyl (C=O) groups is 3. The maximum Gasteiger partial charge on any atom is 0.247 e. The molecule has 0 bridgehead atoms. The lowest BCUT2D eigenvalue weighted by Gasteiger charge is -2.16. The van der Waals surface area contributed by atoms with Crippen LogP contribution >= 0.6 is 11.8 Å². The predicted molar refractivity (Wildman–Crippen MR) is 107 cm³/mol. The van der Waals surface area contributed by atoms with Crippen molar-refractivity contribution in [3.05, 3.63) is 60.2 Å². The lowest BCUT2D eigenvalue weighted by atomic mass is 10.2.